The summed E-state index contributed by atoms with van der Waals surface area (Å²) in [6, 6.07) is 51.9. The molecule has 0 fully saturated rings. The van der Waals surface area contributed by atoms with Crippen LogP contribution in [0.5, 0.6) is 0 Å². The molecule has 9 aromatic rings. The van der Waals surface area contributed by atoms with Crippen molar-refractivity contribution in [1.29, 1.82) is 0 Å². The molecule has 7 aromatic carbocycles. The number of hydrogen-bond acceptors (Lipinski definition) is 2. The van der Waals surface area contributed by atoms with Crippen molar-refractivity contribution in [1.82, 2.24) is 9.97 Å². The second kappa shape index (κ2) is 13.3. The first-order valence-electron chi connectivity index (χ1n) is 14.3. The second-order valence-corrected chi connectivity index (χ2v) is 11.0. The van der Waals surface area contributed by atoms with Crippen molar-refractivity contribution < 1.29 is 54.3 Å². The first kappa shape index (κ1) is 33.2. The van der Waals surface area contributed by atoms with Crippen molar-refractivity contribution in [3.8, 4) is 22.5 Å². The molecule has 0 atom stereocenters. The number of halogens is 3. The maximum absolute atomic E-state index is 5.37. The number of rotatable bonds is 2. The smallest absolute Gasteiger partial charge is 1.00 e. The average molecular weight is 695 g/mol. The molecule has 2 heterocycles. The van der Waals surface area contributed by atoms with E-state index in [9.17, 15) is 0 Å². The van der Waals surface area contributed by atoms with E-state index in [1.54, 1.807) is 0 Å². The van der Waals surface area contributed by atoms with E-state index in [2.05, 4.69) is 146 Å². The molecule has 0 N–H and O–H groups in total. The van der Waals surface area contributed by atoms with Crippen molar-refractivity contribution in [2.75, 3.05) is 0 Å². The van der Waals surface area contributed by atoms with E-state index in [0.29, 0.717) is 0 Å². The van der Waals surface area contributed by atoms with Crippen LogP contribution < -0.4 is 37.2 Å². The topological polar surface area (TPSA) is 25.8 Å². The van der Waals surface area contributed by atoms with Gasteiger partial charge in [-0.05, 0) is 67.4 Å². The van der Waals surface area contributed by atoms with Gasteiger partial charge in [0, 0.05) is 21.9 Å². The van der Waals surface area contributed by atoms with Gasteiger partial charge in [-0.2, -0.15) is 0 Å². The van der Waals surface area contributed by atoms with Crippen LogP contribution in [0.25, 0.3) is 87.4 Å². The van der Waals surface area contributed by atoms with E-state index in [4.69, 9.17) is 9.97 Å². The van der Waals surface area contributed by atoms with Crippen LogP contribution in [0.3, 0.4) is 0 Å². The van der Waals surface area contributed by atoms with Gasteiger partial charge in [0.15, 0.2) is 0 Å². The zero-order valence-electron chi connectivity index (χ0n) is 24.2. The van der Waals surface area contributed by atoms with Crippen LogP contribution in [0.2, 0.25) is 0 Å². The van der Waals surface area contributed by atoms with E-state index in [0.717, 1.165) is 33.2 Å². The molecule has 0 unspecified atom stereocenters. The Hall–Kier alpha value is -4.21. The van der Waals surface area contributed by atoms with Gasteiger partial charge in [0.1, 0.15) is 0 Å². The first-order valence-corrected chi connectivity index (χ1v) is 14.3. The minimum absolute atomic E-state index is 0. The van der Waals surface area contributed by atoms with Gasteiger partial charge in [-0.1, -0.05) is 121 Å². The molecule has 0 saturated heterocycles. The second-order valence-electron chi connectivity index (χ2n) is 11.0. The molecule has 223 valence electrons. The molecule has 46 heavy (non-hydrogen) atoms. The zero-order chi connectivity index (χ0) is 27.6. The van der Waals surface area contributed by atoms with Crippen molar-refractivity contribution in [3.05, 3.63) is 146 Å². The van der Waals surface area contributed by atoms with Crippen molar-refractivity contribution in [2.24, 2.45) is 0 Å². The summed E-state index contributed by atoms with van der Waals surface area (Å²) in [5.74, 6) is 0. The summed E-state index contributed by atoms with van der Waals surface area (Å²) >= 11 is 0. The Labute approximate surface area is 295 Å². The molecule has 1 radical (unpaired) electrons. The largest absolute Gasteiger partial charge is 3.00 e. The summed E-state index contributed by atoms with van der Waals surface area (Å²) in [5, 5.41) is 11.9. The number of pyridine rings is 2. The third-order valence-corrected chi connectivity index (χ3v) is 8.57. The Balaban J connectivity index is 0.00000104. The zero-order valence-corrected chi connectivity index (χ0v) is 27.6. The van der Waals surface area contributed by atoms with E-state index < -0.39 is 0 Å². The average Bonchev–Trinajstić information content (AvgIpc) is 3.05. The molecule has 0 bridgehead atoms. The molecular formula is C40H24Cl3FeN2. The molecule has 2 nitrogen and oxygen atoms in total. The summed E-state index contributed by atoms with van der Waals surface area (Å²) in [7, 11) is 0. The molecule has 0 aliphatic heterocycles. The van der Waals surface area contributed by atoms with Crippen LogP contribution in [-0.2, 0) is 17.1 Å². The maximum Gasteiger partial charge on any atom is 3.00 e. The fourth-order valence-corrected chi connectivity index (χ4v) is 6.63. The minimum atomic E-state index is 0. The molecule has 0 amide bonds. The van der Waals surface area contributed by atoms with Crippen LogP contribution in [0.4, 0.5) is 0 Å². The normalized spacial score (nSPS) is 10.8. The third kappa shape index (κ3) is 5.25. The van der Waals surface area contributed by atoms with Gasteiger partial charge in [0.2, 0.25) is 0 Å². The van der Waals surface area contributed by atoms with Gasteiger partial charge in [0.25, 0.3) is 0 Å². The number of hydrogen-bond donors (Lipinski definition) is 0. The van der Waals surface area contributed by atoms with E-state index in [1.807, 2.05) is 0 Å². The van der Waals surface area contributed by atoms with E-state index in [-0.39, 0.29) is 54.3 Å². The van der Waals surface area contributed by atoms with Gasteiger partial charge in [0.05, 0.1) is 22.4 Å². The van der Waals surface area contributed by atoms with Crippen LogP contribution in [0, 0.1) is 0 Å². The van der Waals surface area contributed by atoms with E-state index >= 15 is 0 Å². The fourth-order valence-electron chi connectivity index (χ4n) is 6.63. The van der Waals surface area contributed by atoms with Crippen molar-refractivity contribution in [2.45, 2.75) is 0 Å². The summed E-state index contributed by atoms with van der Waals surface area (Å²) in [6.45, 7) is 0. The summed E-state index contributed by atoms with van der Waals surface area (Å²) in [5.41, 5.74) is 6.11. The van der Waals surface area contributed by atoms with Crippen LogP contribution in [0.1, 0.15) is 0 Å². The summed E-state index contributed by atoms with van der Waals surface area (Å²) in [6.07, 6.45) is 0. The number of benzene rings is 7. The van der Waals surface area contributed by atoms with Gasteiger partial charge in [-0.15, -0.1) is 0 Å². The van der Waals surface area contributed by atoms with Crippen LogP contribution in [-0.4, -0.2) is 9.97 Å². The van der Waals surface area contributed by atoms with Crippen LogP contribution >= 0.6 is 0 Å². The monoisotopic (exact) mass is 693 g/mol. The predicted octanol–water partition coefficient (Wildman–Crippen LogP) is 1.74. The molecular weight excluding hydrogens is 671 g/mol. The molecule has 0 spiro atoms. The predicted molar refractivity (Wildman–Crippen MR) is 178 cm³/mol. The Morgan fingerprint density at radius 1 is 0.304 bits per heavy atom. The van der Waals surface area contributed by atoms with Gasteiger partial charge >= 0.3 is 17.1 Å². The standard InChI is InChI=1S/C40H24N2.3ClH.Fe/c1-5-13-31-27(9-1)23-28-10-2-6-14-32(28)37(31)35-21-19-25-17-18-26-20-22-36(42-40(26)39(25)41-35)38-33-15-7-3-11-29(33)24-30-12-4-8-16-34(30)38;;;;/h1-24H;3*1H;/q;;;;+3/p-3. The Bertz CT molecular complexity index is 2260. The maximum atomic E-state index is 5.37. The molecule has 2 aromatic heterocycles. The number of fused-ring (bicyclic) bond motifs is 7. The summed E-state index contributed by atoms with van der Waals surface area (Å²) in [4.78, 5) is 10.7. The molecule has 0 saturated carbocycles. The van der Waals surface area contributed by atoms with Gasteiger partial charge < -0.3 is 37.2 Å². The number of nitrogens with zero attached hydrogens (tertiary/aromatic N) is 2. The van der Waals surface area contributed by atoms with Crippen molar-refractivity contribution in [3.63, 3.8) is 0 Å². The SMILES string of the molecule is [Cl-].[Cl-].[Cl-].[Fe+3].c1ccc2c(-c3ccc4ccc5ccc(-c6c7ccccc7cc7ccccc67)nc5c4n3)c3ccccc3cc2c1. The van der Waals surface area contributed by atoms with E-state index in [1.165, 1.54) is 54.2 Å². The Kier molecular flexibility index (Phi) is 9.56. The fraction of sp³-hybridized carbons (Fsp3) is 0. The van der Waals surface area contributed by atoms with Gasteiger partial charge in [-0.3, -0.25) is 0 Å². The third-order valence-electron chi connectivity index (χ3n) is 8.57. The molecule has 9 rings (SSSR count). The molecule has 0 aliphatic carbocycles. The minimum Gasteiger partial charge on any atom is -1.00 e. The molecule has 0 aliphatic rings. The quantitative estimate of drug-likeness (QED) is 0.157. The Morgan fingerprint density at radius 3 is 0.913 bits per heavy atom. The van der Waals surface area contributed by atoms with Crippen molar-refractivity contribution >= 4 is 64.9 Å². The first-order chi connectivity index (χ1) is 20.8. The number of aromatic nitrogens is 2. The molecule has 6 heteroatoms. The summed E-state index contributed by atoms with van der Waals surface area (Å²) < 4.78 is 0. The van der Waals surface area contributed by atoms with Gasteiger partial charge in [-0.25, -0.2) is 9.97 Å². The Morgan fingerprint density at radius 2 is 0.587 bits per heavy atom. The van der Waals surface area contributed by atoms with Crippen LogP contribution in [0.15, 0.2) is 146 Å².